The van der Waals surface area contributed by atoms with Crippen LogP contribution in [0.3, 0.4) is 0 Å². The van der Waals surface area contributed by atoms with Crippen molar-refractivity contribution < 1.29 is 14.0 Å². The second kappa shape index (κ2) is 9.03. The predicted octanol–water partition coefficient (Wildman–Crippen LogP) is 2.97. The number of nitrogens with one attached hydrogen (secondary N) is 1. The van der Waals surface area contributed by atoms with Crippen LogP contribution >= 0.6 is 0 Å². The summed E-state index contributed by atoms with van der Waals surface area (Å²) in [5.41, 5.74) is 0.684. The molecular formula is C22H32FN3O2. The molecule has 1 aromatic carbocycles. The molecule has 1 aliphatic carbocycles. The van der Waals surface area contributed by atoms with Gasteiger partial charge in [0.2, 0.25) is 11.8 Å². The van der Waals surface area contributed by atoms with Gasteiger partial charge in [0.15, 0.2) is 0 Å². The number of carbonyl (C=O) groups is 2. The molecule has 6 heteroatoms. The van der Waals surface area contributed by atoms with Gasteiger partial charge in [-0.05, 0) is 57.0 Å². The number of hydrogen-bond acceptors (Lipinski definition) is 3. The summed E-state index contributed by atoms with van der Waals surface area (Å²) in [6.07, 6.45) is 5.31. The lowest BCUT2D eigenvalue weighted by Gasteiger charge is -2.40. The molecule has 1 N–H and O–H groups in total. The Morgan fingerprint density at radius 2 is 2.00 bits per heavy atom. The van der Waals surface area contributed by atoms with Crippen LogP contribution in [-0.4, -0.2) is 55.3 Å². The molecule has 1 heterocycles. The number of halogens is 1. The van der Waals surface area contributed by atoms with Crippen LogP contribution in [0.15, 0.2) is 24.3 Å². The first-order valence-electron chi connectivity index (χ1n) is 10.3. The largest absolute Gasteiger partial charge is 0.353 e. The molecule has 3 rings (SSSR count). The van der Waals surface area contributed by atoms with Crippen LogP contribution in [0.5, 0.6) is 0 Å². The quantitative estimate of drug-likeness (QED) is 0.842. The number of amides is 2. The topological polar surface area (TPSA) is 52.7 Å². The number of piperidine rings is 1. The lowest BCUT2D eigenvalue weighted by Crippen LogP contribution is -2.51. The molecule has 0 radical (unpaired) electrons. The maximum Gasteiger partial charge on any atom is 0.225 e. The van der Waals surface area contributed by atoms with E-state index in [1.165, 1.54) is 18.6 Å². The SMILES string of the molecule is CN(C)CC1CCCCC1NC(=O)C1CCC(=O)N(C)C1c1cccc(F)c1. The Labute approximate surface area is 167 Å². The molecule has 2 amide bonds. The Balaban J connectivity index is 1.78. The van der Waals surface area contributed by atoms with Crippen molar-refractivity contribution in [2.24, 2.45) is 11.8 Å². The number of benzene rings is 1. The van der Waals surface area contributed by atoms with Crippen LogP contribution < -0.4 is 5.32 Å². The molecule has 1 saturated heterocycles. The Morgan fingerprint density at radius 1 is 1.25 bits per heavy atom. The smallest absolute Gasteiger partial charge is 0.225 e. The monoisotopic (exact) mass is 389 g/mol. The number of hydrogen-bond donors (Lipinski definition) is 1. The summed E-state index contributed by atoms with van der Waals surface area (Å²) in [6.45, 7) is 0.960. The van der Waals surface area contributed by atoms with Gasteiger partial charge in [-0.1, -0.05) is 25.0 Å². The third kappa shape index (κ3) is 4.72. The molecule has 2 aliphatic rings. The Kier molecular flexibility index (Phi) is 6.70. The van der Waals surface area contributed by atoms with E-state index < -0.39 is 6.04 Å². The van der Waals surface area contributed by atoms with Crippen LogP contribution in [-0.2, 0) is 9.59 Å². The van der Waals surface area contributed by atoms with E-state index in [0.29, 0.717) is 24.3 Å². The van der Waals surface area contributed by atoms with Crippen molar-refractivity contribution in [3.8, 4) is 0 Å². The van der Waals surface area contributed by atoms with Crippen molar-refractivity contribution in [2.45, 2.75) is 50.6 Å². The minimum Gasteiger partial charge on any atom is -0.353 e. The molecule has 4 atom stereocenters. The highest BCUT2D eigenvalue weighted by Gasteiger charge is 2.40. The molecule has 154 valence electrons. The summed E-state index contributed by atoms with van der Waals surface area (Å²) in [5, 5.41) is 3.30. The molecule has 5 nitrogen and oxygen atoms in total. The zero-order valence-corrected chi connectivity index (χ0v) is 17.2. The third-order valence-electron chi connectivity index (χ3n) is 6.22. The fraction of sp³-hybridized carbons (Fsp3) is 0.636. The molecule has 0 spiro atoms. The summed E-state index contributed by atoms with van der Waals surface area (Å²) in [6, 6.07) is 6.01. The zero-order valence-electron chi connectivity index (χ0n) is 17.2. The van der Waals surface area contributed by atoms with E-state index in [1.807, 2.05) is 0 Å². The Hall–Kier alpha value is -1.95. The number of carbonyl (C=O) groups excluding carboxylic acids is 2. The summed E-state index contributed by atoms with van der Waals surface area (Å²) in [5.74, 6) is -0.262. The van der Waals surface area contributed by atoms with Gasteiger partial charge in [0, 0.05) is 26.1 Å². The van der Waals surface area contributed by atoms with Gasteiger partial charge in [-0.2, -0.15) is 0 Å². The van der Waals surface area contributed by atoms with Crippen molar-refractivity contribution in [3.63, 3.8) is 0 Å². The number of likely N-dealkylation sites (tertiary alicyclic amines) is 1. The molecule has 1 saturated carbocycles. The molecule has 0 bridgehead atoms. The van der Waals surface area contributed by atoms with Crippen molar-refractivity contribution in [1.82, 2.24) is 15.1 Å². The molecular weight excluding hydrogens is 357 g/mol. The van der Waals surface area contributed by atoms with Crippen molar-refractivity contribution in [3.05, 3.63) is 35.6 Å². The lowest BCUT2D eigenvalue weighted by atomic mass is 9.81. The zero-order chi connectivity index (χ0) is 20.3. The van der Waals surface area contributed by atoms with E-state index in [4.69, 9.17) is 0 Å². The summed E-state index contributed by atoms with van der Waals surface area (Å²) in [7, 11) is 5.84. The second-order valence-corrected chi connectivity index (χ2v) is 8.57. The van der Waals surface area contributed by atoms with Crippen LogP contribution in [0.2, 0.25) is 0 Å². The average molecular weight is 390 g/mol. The maximum atomic E-state index is 13.8. The molecule has 0 aromatic heterocycles. The standard InChI is InChI=1S/C22H32FN3O2/c1-25(2)14-16-7-4-5-10-19(16)24-22(28)18-11-12-20(27)26(3)21(18)15-8-6-9-17(23)13-15/h6,8-9,13,16,18-19,21H,4-5,7,10-12,14H2,1-3H3,(H,24,28). The van der Waals surface area contributed by atoms with Crippen molar-refractivity contribution in [1.29, 1.82) is 0 Å². The number of nitrogens with zero attached hydrogens (tertiary/aromatic N) is 2. The first-order valence-corrected chi connectivity index (χ1v) is 10.3. The fourth-order valence-electron chi connectivity index (χ4n) is 4.83. The minimum absolute atomic E-state index is 0.00135. The first kappa shape index (κ1) is 20.8. The highest BCUT2D eigenvalue weighted by atomic mass is 19.1. The average Bonchev–Trinajstić information content (AvgIpc) is 2.65. The Bertz CT molecular complexity index is 709. The molecule has 1 aliphatic heterocycles. The molecule has 2 fully saturated rings. The van der Waals surface area contributed by atoms with E-state index in [9.17, 15) is 14.0 Å². The van der Waals surface area contributed by atoms with Gasteiger partial charge < -0.3 is 15.1 Å². The van der Waals surface area contributed by atoms with Crippen LogP contribution in [0.25, 0.3) is 0 Å². The van der Waals surface area contributed by atoms with Gasteiger partial charge >= 0.3 is 0 Å². The summed E-state index contributed by atoms with van der Waals surface area (Å²) >= 11 is 0. The van der Waals surface area contributed by atoms with Crippen LogP contribution in [0.1, 0.15) is 50.1 Å². The van der Waals surface area contributed by atoms with E-state index in [1.54, 1.807) is 24.1 Å². The van der Waals surface area contributed by atoms with Gasteiger partial charge in [-0.3, -0.25) is 9.59 Å². The highest BCUT2D eigenvalue weighted by Crippen LogP contribution is 2.36. The lowest BCUT2D eigenvalue weighted by molar-refractivity contribution is -0.142. The van der Waals surface area contributed by atoms with E-state index in [2.05, 4.69) is 24.3 Å². The minimum atomic E-state index is -0.423. The van der Waals surface area contributed by atoms with Crippen LogP contribution in [0, 0.1) is 17.7 Å². The third-order valence-corrected chi connectivity index (χ3v) is 6.22. The van der Waals surface area contributed by atoms with Gasteiger partial charge in [0.05, 0.1) is 12.0 Å². The predicted molar refractivity (Wildman–Crippen MR) is 107 cm³/mol. The van der Waals surface area contributed by atoms with Crippen LogP contribution in [0.4, 0.5) is 4.39 Å². The first-order chi connectivity index (χ1) is 13.4. The van der Waals surface area contributed by atoms with Gasteiger partial charge in [-0.25, -0.2) is 4.39 Å². The maximum absolute atomic E-state index is 13.8. The van der Waals surface area contributed by atoms with Crippen molar-refractivity contribution in [2.75, 3.05) is 27.7 Å². The molecule has 1 aromatic rings. The summed E-state index contributed by atoms with van der Waals surface area (Å²) in [4.78, 5) is 29.3. The second-order valence-electron chi connectivity index (χ2n) is 8.57. The van der Waals surface area contributed by atoms with Crippen molar-refractivity contribution >= 4 is 11.8 Å². The highest BCUT2D eigenvalue weighted by molar-refractivity contribution is 5.85. The summed E-state index contributed by atoms with van der Waals surface area (Å²) < 4.78 is 13.8. The van der Waals surface area contributed by atoms with E-state index in [0.717, 1.165) is 25.8 Å². The number of rotatable bonds is 5. The molecule has 4 unspecified atom stereocenters. The Morgan fingerprint density at radius 3 is 2.71 bits per heavy atom. The van der Waals surface area contributed by atoms with E-state index in [-0.39, 0.29) is 29.6 Å². The van der Waals surface area contributed by atoms with Gasteiger partial charge in [0.25, 0.3) is 0 Å². The van der Waals surface area contributed by atoms with Gasteiger partial charge in [0.1, 0.15) is 5.82 Å². The fourth-order valence-corrected chi connectivity index (χ4v) is 4.83. The van der Waals surface area contributed by atoms with E-state index >= 15 is 0 Å². The van der Waals surface area contributed by atoms with Gasteiger partial charge in [-0.15, -0.1) is 0 Å². The normalized spacial score (nSPS) is 28.5. The molecule has 28 heavy (non-hydrogen) atoms.